The molecule has 1 saturated heterocycles. The number of carbonyl (C=O) groups excluding carboxylic acids is 4. The van der Waals surface area contributed by atoms with E-state index in [2.05, 4.69) is 20.6 Å². The Morgan fingerprint density at radius 3 is 2.12 bits per heavy atom. The van der Waals surface area contributed by atoms with Crippen molar-refractivity contribution in [3.8, 4) is 11.3 Å². The quantitative estimate of drug-likeness (QED) is 0.116. The molecule has 3 heterocycles. The maximum Gasteiger partial charge on any atom is 0.417 e. The first-order chi connectivity index (χ1) is 28.4. The second-order valence-corrected chi connectivity index (χ2v) is 17.9. The maximum atomic E-state index is 14.6. The summed E-state index contributed by atoms with van der Waals surface area (Å²) < 4.78 is 4.99. The Bertz CT molecular complexity index is 2050. The molecule has 6 amide bonds. The molecule has 0 saturated carbocycles. The summed E-state index contributed by atoms with van der Waals surface area (Å²) in [5.41, 5.74) is 4.20. The highest BCUT2D eigenvalue weighted by Gasteiger charge is 2.44. The zero-order valence-electron chi connectivity index (χ0n) is 36.2. The van der Waals surface area contributed by atoms with Crippen LogP contribution in [0.15, 0.2) is 97.3 Å². The van der Waals surface area contributed by atoms with E-state index in [0.717, 1.165) is 38.5 Å². The number of benzene rings is 2. The van der Waals surface area contributed by atoms with Crippen LogP contribution in [0.4, 0.5) is 14.4 Å². The fraction of sp³-hybridized carbons (Fsp3) is 0.447. The van der Waals surface area contributed by atoms with Gasteiger partial charge in [-0.1, -0.05) is 108 Å². The number of amides is 6. The number of urea groups is 2. The maximum absolute atomic E-state index is 14.6. The SMILES string of the molecule is COC(=O)N(CC(C)(C)C)C(=O)NC(Cc1ccc(-c2ccccn2)cc1)CC(O)C(Cc1ccccc1)NC(=O)C(N1CCN(Cc2cccnc2C)C1=O)C(C)(C)C. The number of nitrogens with zero attached hydrogens (tertiary/aromatic N) is 5. The molecule has 60 heavy (non-hydrogen) atoms. The Morgan fingerprint density at radius 1 is 0.833 bits per heavy atom. The van der Waals surface area contributed by atoms with Crippen LogP contribution in [-0.4, -0.2) is 105 Å². The zero-order valence-corrected chi connectivity index (χ0v) is 36.2. The molecule has 1 aliphatic rings. The first-order valence-electron chi connectivity index (χ1n) is 20.6. The van der Waals surface area contributed by atoms with Gasteiger partial charge in [-0.25, -0.2) is 19.3 Å². The molecule has 1 fully saturated rings. The monoisotopic (exact) mass is 819 g/mol. The normalized spacial score (nSPS) is 15.2. The van der Waals surface area contributed by atoms with E-state index in [-0.39, 0.29) is 31.3 Å². The van der Waals surface area contributed by atoms with Gasteiger partial charge in [0.2, 0.25) is 5.91 Å². The van der Waals surface area contributed by atoms with Gasteiger partial charge in [0.1, 0.15) is 6.04 Å². The molecule has 0 aliphatic carbocycles. The van der Waals surface area contributed by atoms with Gasteiger partial charge in [0.15, 0.2) is 0 Å². The van der Waals surface area contributed by atoms with Gasteiger partial charge in [-0.05, 0) is 71.9 Å². The van der Waals surface area contributed by atoms with Gasteiger partial charge < -0.3 is 30.3 Å². The number of aryl methyl sites for hydroxylation is 1. The van der Waals surface area contributed by atoms with Crippen LogP contribution in [0.5, 0.6) is 0 Å². The highest BCUT2D eigenvalue weighted by Crippen LogP contribution is 2.29. The number of nitrogens with one attached hydrogen (secondary N) is 2. The minimum absolute atomic E-state index is 0.0249. The van der Waals surface area contributed by atoms with E-state index >= 15 is 0 Å². The van der Waals surface area contributed by atoms with Crippen molar-refractivity contribution in [1.82, 2.24) is 35.3 Å². The van der Waals surface area contributed by atoms with E-state index in [4.69, 9.17) is 4.74 Å². The summed E-state index contributed by atoms with van der Waals surface area (Å²) >= 11 is 0. The molecule has 2 aromatic heterocycles. The highest BCUT2D eigenvalue weighted by molar-refractivity contribution is 5.91. The summed E-state index contributed by atoms with van der Waals surface area (Å²) in [6.07, 6.45) is 2.10. The Labute approximate surface area is 354 Å². The molecule has 0 bridgehead atoms. The van der Waals surface area contributed by atoms with Crippen molar-refractivity contribution >= 4 is 24.1 Å². The smallest absolute Gasteiger partial charge is 0.417 e. The molecule has 5 rings (SSSR count). The van der Waals surface area contributed by atoms with Crippen LogP contribution in [0.3, 0.4) is 0 Å². The van der Waals surface area contributed by atoms with Crippen LogP contribution < -0.4 is 10.6 Å². The van der Waals surface area contributed by atoms with Crippen LogP contribution in [0.25, 0.3) is 11.3 Å². The summed E-state index contributed by atoms with van der Waals surface area (Å²) in [5.74, 6) is -0.386. The fourth-order valence-corrected chi connectivity index (χ4v) is 7.63. The average molecular weight is 820 g/mol. The molecule has 2 aromatic carbocycles. The summed E-state index contributed by atoms with van der Waals surface area (Å²) in [6.45, 7) is 14.7. The largest absolute Gasteiger partial charge is 0.452 e. The Morgan fingerprint density at radius 2 is 1.50 bits per heavy atom. The van der Waals surface area contributed by atoms with Gasteiger partial charge in [0.25, 0.3) is 0 Å². The van der Waals surface area contributed by atoms with E-state index in [9.17, 15) is 24.3 Å². The average Bonchev–Trinajstić information content (AvgIpc) is 3.55. The predicted octanol–water partition coefficient (Wildman–Crippen LogP) is 7.02. The number of hydrogen-bond acceptors (Lipinski definition) is 8. The van der Waals surface area contributed by atoms with Crippen LogP contribution in [-0.2, 0) is 28.9 Å². The van der Waals surface area contributed by atoms with Crippen LogP contribution in [0.2, 0.25) is 0 Å². The first-order valence-corrected chi connectivity index (χ1v) is 20.6. The molecule has 320 valence electrons. The molecular formula is C47H61N7O6. The van der Waals surface area contributed by atoms with E-state index in [1.165, 1.54) is 7.11 Å². The second-order valence-electron chi connectivity index (χ2n) is 17.9. The lowest BCUT2D eigenvalue weighted by Gasteiger charge is -2.38. The third kappa shape index (κ3) is 12.4. The Hall–Kier alpha value is -5.82. The van der Waals surface area contributed by atoms with Crippen LogP contribution >= 0.6 is 0 Å². The minimum Gasteiger partial charge on any atom is -0.452 e. The van der Waals surface area contributed by atoms with Crippen molar-refractivity contribution in [3.63, 3.8) is 0 Å². The van der Waals surface area contributed by atoms with Crippen molar-refractivity contribution in [2.75, 3.05) is 26.7 Å². The number of methoxy groups -OCH3 is 1. The molecule has 3 N–H and O–H groups in total. The third-order valence-corrected chi connectivity index (χ3v) is 10.6. The Balaban J connectivity index is 1.42. The standard InChI is InChI=1S/C47H61N7O6/c1-32-36(17-14-24-48-32)30-52-25-26-53(44(52)58)41(47(5,6)7)42(56)51-39(28-33-15-10-9-11-16-33)40(55)29-37(50-43(57)54(45(59)60-8)31-46(2,3)4)27-34-19-21-35(22-20-34)38-18-12-13-23-49-38/h9-24,37,39-41,55H,25-31H2,1-8H3,(H,50,57)(H,51,56). The number of aliphatic hydroxyl groups excluding tert-OH is 1. The van der Waals surface area contributed by atoms with E-state index in [1.807, 2.05) is 133 Å². The number of carbonyl (C=O) groups is 4. The van der Waals surface area contributed by atoms with E-state index in [1.54, 1.807) is 22.2 Å². The van der Waals surface area contributed by atoms with Crippen LogP contribution in [0.1, 0.15) is 70.3 Å². The van der Waals surface area contributed by atoms with Crippen molar-refractivity contribution in [2.24, 2.45) is 10.8 Å². The molecule has 4 aromatic rings. The van der Waals surface area contributed by atoms with Gasteiger partial charge in [0.05, 0.1) is 24.9 Å². The predicted molar refractivity (Wildman–Crippen MR) is 232 cm³/mol. The number of aromatic nitrogens is 2. The summed E-state index contributed by atoms with van der Waals surface area (Å²) in [4.78, 5) is 68.6. The number of ether oxygens (including phenoxy) is 1. The lowest BCUT2D eigenvalue weighted by Crippen LogP contribution is -2.59. The van der Waals surface area contributed by atoms with Crippen molar-refractivity contribution in [1.29, 1.82) is 0 Å². The molecule has 4 atom stereocenters. The highest BCUT2D eigenvalue weighted by atomic mass is 16.5. The number of imide groups is 1. The molecule has 1 aliphatic heterocycles. The van der Waals surface area contributed by atoms with Crippen molar-refractivity contribution in [3.05, 3.63) is 120 Å². The second kappa shape index (κ2) is 20.0. The summed E-state index contributed by atoms with van der Waals surface area (Å²) in [6, 6.07) is 23.6. The number of hydrogen-bond donors (Lipinski definition) is 3. The van der Waals surface area contributed by atoms with E-state index in [0.29, 0.717) is 26.1 Å². The number of aliphatic hydroxyl groups is 1. The molecule has 13 heteroatoms. The van der Waals surface area contributed by atoms with Crippen LogP contribution in [0, 0.1) is 17.8 Å². The number of rotatable bonds is 15. The molecule has 4 unspecified atom stereocenters. The molecule has 0 spiro atoms. The van der Waals surface area contributed by atoms with Gasteiger partial charge in [-0.15, -0.1) is 0 Å². The van der Waals surface area contributed by atoms with Gasteiger partial charge >= 0.3 is 18.2 Å². The first kappa shape index (κ1) is 45.3. The molecular weight excluding hydrogens is 759 g/mol. The molecule has 0 radical (unpaired) electrons. The van der Waals surface area contributed by atoms with E-state index < -0.39 is 47.2 Å². The van der Waals surface area contributed by atoms with Gasteiger partial charge in [0, 0.05) is 55.9 Å². The lowest BCUT2D eigenvalue weighted by atomic mass is 9.84. The topological polar surface area (TPSA) is 157 Å². The molecule has 13 nitrogen and oxygen atoms in total. The zero-order chi connectivity index (χ0) is 43.6. The van der Waals surface area contributed by atoms with Gasteiger partial charge in [-0.2, -0.15) is 0 Å². The van der Waals surface area contributed by atoms with Crippen molar-refractivity contribution < 1.29 is 29.0 Å². The van der Waals surface area contributed by atoms with Gasteiger partial charge in [-0.3, -0.25) is 14.8 Å². The minimum atomic E-state index is -1.17. The lowest BCUT2D eigenvalue weighted by molar-refractivity contribution is -0.130. The third-order valence-electron chi connectivity index (χ3n) is 10.6. The Kier molecular flexibility index (Phi) is 15.1. The fourth-order valence-electron chi connectivity index (χ4n) is 7.63. The summed E-state index contributed by atoms with van der Waals surface area (Å²) in [7, 11) is 1.23. The summed E-state index contributed by atoms with van der Waals surface area (Å²) in [5, 5.41) is 18.4. The van der Waals surface area contributed by atoms with Crippen molar-refractivity contribution in [2.45, 2.75) is 98.5 Å². The number of pyridine rings is 2.